The van der Waals surface area contributed by atoms with Gasteiger partial charge in [-0.15, -0.1) is 0 Å². The molecule has 5 heteroatoms. The zero-order valence-electron chi connectivity index (χ0n) is 13.9. The van der Waals surface area contributed by atoms with E-state index in [2.05, 4.69) is 12.2 Å². The van der Waals surface area contributed by atoms with Crippen LogP contribution in [0.5, 0.6) is 5.75 Å². The molecule has 2 bridgehead atoms. The Morgan fingerprint density at radius 2 is 2.08 bits per heavy atom. The third-order valence-electron chi connectivity index (χ3n) is 5.49. The van der Waals surface area contributed by atoms with E-state index in [0.29, 0.717) is 24.9 Å². The molecule has 0 aromatic heterocycles. The standard InChI is InChI=1S/C19H22N2O3/c1-24-16-4-2-3-15(11-16)21-8-7-20(12-18(21)22)19(23)17-10-13-5-6-14(17)9-13/h2-6,11,13-14,17H,7-10,12H2,1H3/t13-,14+,17+/m0/s1. The molecule has 1 heterocycles. The number of hydrogen-bond donors (Lipinski definition) is 0. The van der Waals surface area contributed by atoms with Crippen molar-refractivity contribution in [2.75, 3.05) is 31.6 Å². The van der Waals surface area contributed by atoms with Gasteiger partial charge in [0.25, 0.3) is 0 Å². The number of benzene rings is 1. The van der Waals surface area contributed by atoms with Crippen LogP contribution in [0.3, 0.4) is 0 Å². The maximum atomic E-state index is 12.8. The number of ether oxygens (including phenoxy) is 1. The van der Waals surface area contributed by atoms with Gasteiger partial charge in [-0.1, -0.05) is 18.2 Å². The van der Waals surface area contributed by atoms with E-state index in [4.69, 9.17) is 4.74 Å². The predicted octanol–water partition coefficient (Wildman–Crippen LogP) is 2.08. The van der Waals surface area contributed by atoms with Gasteiger partial charge in [-0.05, 0) is 36.8 Å². The average Bonchev–Trinajstić information content (AvgIpc) is 3.24. The minimum Gasteiger partial charge on any atom is -0.497 e. The van der Waals surface area contributed by atoms with Gasteiger partial charge >= 0.3 is 0 Å². The Balaban J connectivity index is 1.43. The normalized spacial score (nSPS) is 28.5. The third-order valence-corrected chi connectivity index (χ3v) is 5.49. The molecule has 1 saturated heterocycles. The monoisotopic (exact) mass is 326 g/mol. The van der Waals surface area contributed by atoms with Crippen molar-refractivity contribution < 1.29 is 14.3 Å². The van der Waals surface area contributed by atoms with Crippen molar-refractivity contribution >= 4 is 17.5 Å². The number of methoxy groups -OCH3 is 1. The van der Waals surface area contributed by atoms with Crippen LogP contribution in [0.4, 0.5) is 5.69 Å². The first-order chi connectivity index (χ1) is 11.7. The van der Waals surface area contributed by atoms with Gasteiger partial charge in [-0.3, -0.25) is 9.59 Å². The van der Waals surface area contributed by atoms with Gasteiger partial charge in [-0.25, -0.2) is 0 Å². The Morgan fingerprint density at radius 3 is 2.75 bits per heavy atom. The van der Waals surface area contributed by atoms with E-state index >= 15 is 0 Å². The van der Waals surface area contributed by atoms with E-state index in [1.54, 1.807) is 16.9 Å². The van der Waals surface area contributed by atoms with Crippen molar-refractivity contribution in [3.05, 3.63) is 36.4 Å². The molecule has 2 amide bonds. The highest BCUT2D eigenvalue weighted by Gasteiger charge is 2.42. The number of anilines is 1. The first-order valence-corrected chi connectivity index (χ1v) is 8.57. The molecule has 0 N–H and O–H groups in total. The van der Waals surface area contributed by atoms with E-state index in [1.807, 2.05) is 24.3 Å². The summed E-state index contributed by atoms with van der Waals surface area (Å²) >= 11 is 0. The minimum atomic E-state index is -0.0263. The highest BCUT2D eigenvalue weighted by Crippen LogP contribution is 2.44. The fourth-order valence-electron chi connectivity index (χ4n) is 4.21. The maximum absolute atomic E-state index is 12.8. The van der Waals surface area contributed by atoms with Crippen LogP contribution in [0.15, 0.2) is 36.4 Å². The molecule has 5 nitrogen and oxygen atoms in total. The van der Waals surface area contributed by atoms with Crippen LogP contribution in [0.1, 0.15) is 12.8 Å². The van der Waals surface area contributed by atoms with Crippen molar-refractivity contribution in [3.63, 3.8) is 0 Å². The Morgan fingerprint density at radius 1 is 1.21 bits per heavy atom. The zero-order valence-corrected chi connectivity index (χ0v) is 13.9. The highest BCUT2D eigenvalue weighted by molar-refractivity contribution is 5.98. The molecule has 0 unspecified atom stereocenters. The number of fused-ring (bicyclic) bond motifs is 2. The summed E-state index contributed by atoms with van der Waals surface area (Å²) in [6, 6.07) is 7.49. The average molecular weight is 326 g/mol. The predicted molar refractivity (Wildman–Crippen MR) is 90.8 cm³/mol. The summed E-state index contributed by atoms with van der Waals surface area (Å²) in [6.07, 6.45) is 6.48. The largest absolute Gasteiger partial charge is 0.497 e. The SMILES string of the molecule is COc1cccc(N2CCN(C(=O)[C@@H]3C[C@H]4C=C[C@@H]3C4)CC2=O)c1. The van der Waals surface area contributed by atoms with Gasteiger partial charge in [0.2, 0.25) is 11.8 Å². The van der Waals surface area contributed by atoms with E-state index in [-0.39, 0.29) is 24.3 Å². The van der Waals surface area contributed by atoms with Gasteiger partial charge in [0.1, 0.15) is 12.3 Å². The minimum absolute atomic E-state index is 0.0263. The number of amides is 2. The number of carbonyl (C=O) groups is 2. The summed E-state index contributed by atoms with van der Waals surface area (Å²) in [5.74, 6) is 1.89. The topological polar surface area (TPSA) is 49.9 Å². The first-order valence-electron chi connectivity index (χ1n) is 8.57. The van der Waals surface area contributed by atoms with Crippen LogP contribution < -0.4 is 9.64 Å². The first kappa shape index (κ1) is 15.2. The summed E-state index contributed by atoms with van der Waals surface area (Å²) < 4.78 is 5.23. The summed E-state index contributed by atoms with van der Waals surface area (Å²) in [7, 11) is 1.61. The number of nitrogens with zero attached hydrogens (tertiary/aromatic N) is 2. The molecule has 0 radical (unpaired) electrons. The van der Waals surface area contributed by atoms with Crippen molar-refractivity contribution in [2.24, 2.45) is 17.8 Å². The number of rotatable bonds is 3. The maximum Gasteiger partial charge on any atom is 0.246 e. The number of allylic oxidation sites excluding steroid dienone is 2. The lowest BCUT2D eigenvalue weighted by atomic mass is 9.92. The Bertz CT molecular complexity index is 700. The fraction of sp³-hybridized carbons (Fsp3) is 0.474. The molecule has 3 atom stereocenters. The number of piperazine rings is 1. The molecule has 24 heavy (non-hydrogen) atoms. The van der Waals surface area contributed by atoms with Crippen LogP contribution in [0.2, 0.25) is 0 Å². The second kappa shape index (κ2) is 5.96. The second-order valence-electron chi connectivity index (χ2n) is 6.89. The number of hydrogen-bond acceptors (Lipinski definition) is 3. The van der Waals surface area contributed by atoms with Crippen LogP contribution >= 0.6 is 0 Å². The summed E-state index contributed by atoms with van der Waals surface area (Å²) in [5.41, 5.74) is 0.828. The summed E-state index contributed by atoms with van der Waals surface area (Å²) in [4.78, 5) is 28.8. The lowest BCUT2D eigenvalue weighted by molar-refractivity contribution is -0.140. The van der Waals surface area contributed by atoms with Crippen molar-refractivity contribution in [3.8, 4) is 5.75 Å². The Labute approximate surface area is 141 Å². The van der Waals surface area contributed by atoms with E-state index in [1.165, 1.54) is 0 Å². The van der Waals surface area contributed by atoms with Gasteiger partial charge in [0, 0.05) is 30.8 Å². The smallest absolute Gasteiger partial charge is 0.246 e. The molecule has 126 valence electrons. The van der Waals surface area contributed by atoms with Gasteiger partial charge in [-0.2, -0.15) is 0 Å². The summed E-state index contributed by atoms with van der Waals surface area (Å²) in [6.45, 7) is 1.31. The van der Waals surface area contributed by atoms with E-state index in [9.17, 15) is 9.59 Å². The molecule has 1 aromatic rings. The molecule has 1 saturated carbocycles. The molecule has 2 fully saturated rings. The lowest BCUT2D eigenvalue weighted by Gasteiger charge is -2.36. The van der Waals surface area contributed by atoms with Crippen molar-refractivity contribution in [2.45, 2.75) is 12.8 Å². The summed E-state index contributed by atoms with van der Waals surface area (Å²) in [5, 5.41) is 0. The molecular weight excluding hydrogens is 304 g/mol. The number of carbonyl (C=O) groups excluding carboxylic acids is 2. The second-order valence-corrected chi connectivity index (χ2v) is 6.89. The van der Waals surface area contributed by atoms with E-state index in [0.717, 1.165) is 24.3 Å². The molecule has 4 rings (SSSR count). The Kier molecular flexibility index (Phi) is 3.79. The van der Waals surface area contributed by atoms with Crippen LogP contribution in [0.25, 0.3) is 0 Å². The van der Waals surface area contributed by atoms with Crippen molar-refractivity contribution in [1.29, 1.82) is 0 Å². The highest BCUT2D eigenvalue weighted by atomic mass is 16.5. The van der Waals surface area contributed by atoms with Crippen LogP contribution in [0, 0.1) is 17.8 Å². The molecule has 0 spiro atoms. The lowest BCUT2D eigenvalue weighted by Crippen LogP contribution is -2.54. The fourth-order valence-corrected chi connectivity index (χ4v) is 4.21. The molecule has 3 aliphatic rings. The molecule has 1 aliphatic heterocycles. The van der Waals surface area contributed by atoms with Crippen LogP contribution in [-0.2, 0) is 9.59 Å². The molecule has 2 aliphatic carbocycles. The van der Waals surface area contributed by atoms with Gasteiger partial charge in [0.15, 0.2) is 0 Å². The van der Waals surface area contributed by atoms with Gasteiger partial charge < -0.3 is 14.5 Å². The van der Waals surface area contributed by atoms with Gasteiger partial charge in [0.05, 0.1) is 7.11 Å². The van der Waals surface area contributed by atoms with Crippen LogP contribution in [-0.4, -0.2) is 43.5 Å². The van der Waals surface area contributed by atoms with E-state index < -0.39 is 0 Å². The Hall–Kier alpha value is -2.30. The quantitative estimate of drug-likeness (QED) is 0.799. The molecular formula is C19H22N2O3. The molecule has 1 aromatic carbocycles. The van der Waals surface area contributed by atoms with Crippen molar-refractivity contribution in [1.82, 2.24) is 4.90 Å². The zero-order chi connectivity index (χ0) is 16.7. The third kappa shape index (κ3) is 2.58.